The van der Waals surface area contributed by atoms with Crippen LogP contribution in [0.4, 0.5) is 0 Å². The molecule has 142 valence electrons. The maximum absolute atomic E-state index is 13.6. The highest BCUT2D eigenvalue weighted by Gasteiger charge is 2.21. The van der Waals surface area contributed by atoms with Gasteiger partial charge in [0.25, 0.3) is 5.56 Å². The van der Waals surface area contributed by atoms with Crippen LogP contribution in [-0.4, -0.2) is 9.55 Å². The van der Waals surface area contributed by atoms with Crippen LogP contribution in [0.2, 0.25) is 10.0 Å². The fourth-order valence-electron chi connectivity index (χ4n) is 3.97. The van der Waals surface area contributed by atoms with Crippen LogP contribution in [0, 0.1) is 0 Å². The molecule has 2 heterocycles. The van der Waals surface area contributed by atoms with E-state index in [0.29, 0.717) is 15.6 Å². The summed E-state index contributed by atoms with van der Waals surface area (Å²) in [6.45, 7) is 0. The van der Waals surface area contributed by atoms with Gasteiger partial charge in [-0.3, -0.25) is 4.79 Å². The molecule has 5 heteroatoms. The van der Waals surface area contributed by atoms with E-state index in [9.17, 15) is 4.79 Å². The van der Waals surface area contributed by atoms with Crippen LogP contribution in [0.3, 0.4) is 0 Å². The lowest BCUT2D eigenvalue weighted by Crippen LogP contribution is -2.20. The van der Waals surface area contributed by atoms with Crippen LogP contribution >= 0.6 is 23.2 Å². The SMILES string of the molecule is Cn1c(=O)c(-c2c[nH]c3ccc(Cl)cc23)c(-c2ccccc2)c2cc(Cl)ccc21. The zero-order chi connectivity index (χ0) is 20.1. The first-order valence-corrected chi connectivity index (χ1v) is 9.95. The molecule has 3 nitrogen and oxygen atoms in total. The first-order valence-electron chi connectivity index (χ1n) is 9.19. The van der Waals surface area contributed by atoms with E-state index in [1.807, 2.05) is 72.9 Å². The largest absolute Gasteiger partial charge is 0.361 e. The molecule has 0 amide bonds. The van der Waals surface area contributed by atoms with Crippen LogP contribution in [0.15, 0.2) is 77.7 Å². The Labute approximate surface area is 177 Å². The molecule has 0 aliphatic heterocycles. The zero-order valence-corrected chi connectivity index (χ0v) is 17.1. The van der Waals surface area contributed by atoms with Gasteiger partial charge in [-0.15, -0.1) is 0 Å². The molecule has 0 unspecified atom stereocenters. The molecule has 0 bridgehead atoms. The van der Waals surface area contributed by atoms with Gasteiger partial charge in [-0.1, -0.05) is 53.5 Å². The monoisotopic (exact) mass is 418 g/mol. The summed E-state index contributed by atoms with van der Waals surface area (Å²) in [7, 11) is 1.79. The van der Waals surface area contributed by atoms with Crippen molar-refractivity contribution in [1.82, 2.24) is 9.55 Å². The standard InChI is InChI=1S/C24H16Cl2N2O/c1-28-21-10-8-16(26)12-18(21)22(14-5-3-2-4-6-14)23(24(28)29)19-13-27-20-9-7-15(25)11-17(19)20/h2-13,27H,1H3. The number of H-pyrrole nitrogens is 1. The van der Waals surface area contributed by atoms with E-state index in [2.05, 4.69) is 4.98 Å². The summed E-state index contributed by atoms with van der Waals surface area (Å²) in [6.07, 6.45) is 1.88. The summed E-state index contributed by atoms with van der Waals surface area (Å²) in [6, 6.07) is 21.2. The predicted molar refractivity (Wildman–Crippen MR) is 122 cm³/mol. The van der Waals surface area contributed by atoms with Gasteiger partial charge in [0.15, 0.2) is 0 Å². The molecule has 29 heavy (non-hydrogen) atoms. The summed E-state index contributed by atoms with van der Waals surface area (Å²) < 4.78 is 1.68. The summed E-state index contributed by atoms with van der Waals surface area (Å²) >= 11 is 12.6. The highest BCUT2D eigenvalue weighted by atomic mass is 35.5. The fraction of sp³-hybridized carbons (Fsp3) is 0.0417. The number of aromatic amines is 1. The molecule has 0 saturated heterocycles. The van der Waals surface area contributed by atoms with Gasteiger partial charge in [0.2, 0.25) is 0 Å². The summed E-state index contributed by atoms with van der Waals surface area (Å²) in [4.78, 5) is 16.8. The van der Waals surface area contributed by atoms with E-state index in [4.69, 9.17) is 23.2 Å². The van der Waals surface area contributed by atoms with Gasteiger partial charge in [-0.05, 0) is 42.0 Å². The van der Waals surface area contributed by atoms with Crippen molar-refractivity contribution in [1.29, 1.82) is 0 Å². The quantitative estimate of drug-likeness (QED) is 0.341. The van der Waals surface area contributed by atoms with Crippen molar-refractivity contribution < 1.29 is 0 Å². The van der Waals surface area contributed by atoms with Gasteiger partial charge in [0.05, 0.1) is 11.1 Å². The molecule has 0 saturated carbocycles. The zero-order valence-electron chi connectivity index (χ0n) is 15.5. The molecule has 0 fully saturated rings. The van der Waals surface area contributed by atoms with E-state index in [1.54, 1.807) is 11.6 Å². The van der Waals surface area contributed by atoms with Gasteiger partial charge < -0.3 is 9.55 Å². The number of nitrogens with one attached hydrogen (secondary N) is 1. The van der Waals surface area contributed by atoms with Gasteiger partial charge in [-0.2, -0.15) is 0 Å². The summed E-state index contributed by atoms with van der Waals surface area (Å²) in [5.41, 5.74) is 4.97. The van der Waals surface area contributed by atoms with Gasteiger partial charge in [-0.25, -0.2) is 0 Å². The van der Waals surface area contributed by atoms with E-state index in [0.717, 1.165) is 38.5 Å². The highest BCUT2D eigenvalue weighted by Crippen LogP contribution is 2.39. The van der Waals surface area contributed by atoms with Gasteiger partial charge in [0, 0.05) is 50.7 Å². The van der Waals surface area contributed by atoms with Crippen molar-refractivity contribution in [3.8, 4) is 22.3 Å². The third-order valence-corrected chi connectivity index (χ3v) is 5.80. The molecule has 0 aliphatic rings. The lowest BCUT2D eigenvalue weighted by Gasteiger charge is -2.16. The molecule has 0 spiro atoms. The van der Waals surface area contributed by atoms with Crippen molar-refractivity contribution >= 4 is 45.0 Å². The number of aryl methyl sites for hydroxylation is 1. The number of nitrogens with zero attached hydrogens (tertiary/aromatic N) is 1. The molecule has 3 aromatic carbocycles. The third-order valence-electron chi connectivity index (χ3n) is 5.33. The average molecular weight is 419 g/mol. The lowest BCUT2D eigenvalue weighted by molar-refractivity contribution is 0.910. The first kappa shape index (κ1) is 18.0. The van der Waals surface area contributed by atoms with E-state index < -0.39 is 0 Å². The van der Waals surface area contributed by atoms with Gasteiger partial charge >= 0.3 is 0 Å². The second-order valence-corrected chi connectivity index (χ2v) is 7.91. The number of hydrogen-bond donors (Lipinski definition) is 1. The molecule has 2 aromatic heterocycles. The Morgan fingerprint density at radius 3 is 2.28 bits per heavy atom. The van der Waals surface area contributed by atoms with Crippen molar-refractivity contribution in [2.45, 2.75) is 0 Å². The molecular weight excluding hydrogens is 403 g/mol. The Kier molecular flexibility index (Phi) is 4.23. The number of aromatic nitrogens is 2. The Morgan fingerprint density at radius 1 is 0.828 bits per heavy atom. The molecule has 0 aliphatic carbocycles. The maximum Gasteiger partial charge on any atom is 0.259 e. The molecule has 0 atom stereocenters. The minimum atomic E-state index is -0.0699. The Hall–Kier alpha value is -3.01. The maximum atomic E-state index is 13.6. The van der Waals surface area contributed by atoms with Crippen molar-refractivity contribution in [2.24, 2.45) is 7.05 Å². The van der Waals surface area contributed by atoms with E-state index >= 15 is 0 Å². The number of fused-ring (bicyclic) bond motifs is 2. The van der Waals surface area contributed by atoms with Crippen LogP contribution in [0.5, 0.6) is 0 Å². The second kappa shape index (κ2) is 6.80. The van der Waals surface area contributed by atoms with Crippen molar-refractivity contribution in [3.63, 3.8) is 0 Å². The lowest BCUT2D eigenvalue weighted by atomic mass is 9.92. The normalized spacial score (nSPS) is 11.4. The third kappa shape index (κ3) is 2.86. The van der Waals surface area contributed by atoms with Crippen LogP contribution in [0.1, 0.15) is 0 Å². The smallest absolute Gasteiger partial charge is 0.259 e. The summed E-state index contributed by atoms with van der Waals surface area (Å²) in [5.74, 6) is 0. The molecule has 5 aromatic rings. The van der Waals surface area contributed by atoms with Crippen LogP contribution in [-0.2, 0) is 7.05 Å². The van der Waals surface area contributed by atoms with Crippen molar-refractivity contribution in [2.75, 3.05) is 0 Å². The van der Waals surface area contributed by atoms with Crippen molar-refractivity contribution in [3.05, 3.63) is 93.3 Å². The summed E-state index contributed by atoms with van der Waals surface area (Å²) in [5, 5.41) is 3.09. The number of rotatable bonds is 2. The van der Waals surface area contributed by atoms with E-state index in [-0.39, 0.29) is 5.56 Å². The predicted octanol–water partition coefficient (Wildman–Crippen LogP) is 6.66. The fourth-order valence-corrected chi connectivity index (χ4v) is 4.32. The average Bonchev–Trinajstić information content (AvgIpc) is 3.13. The molecule has 1 N–H and O–H groups in total. The van der Waals surface area contributed by atoms with Gasteiger partial charge in [0.1, 0.15) is 0 Å². The number of hydrogen-bond acceptors (Lipinski definition) is 1. The minimum absolute atomic E-state index is 0.0699. The highest BCUT2D eigenvalue weighted by molar-refractivity contribution is 6.32. The van der Waals surface area contributed by atoms with E-state index in [1.165, 1.54) is 0 Å². The first-order chi connectivity index (χ1) is 14.0. The number of pyridine rings is 1. The number of halogens is 2. The Bertz CT molecular complexity index is 1450. The minimum Gasteiger partial charge on any atom is -0.361 e. The number of benzene rings is 3. The Balaban J connectivity index is 2.01. The van der Waals surface area contributed by atoms with Crippen LogP contribution < -0.4 is 5.56 Å². The van der Waals surface area contributed by atoms with Crippen LogP contribution in [0.25, 0.3) is 44.1 Å². The molecular formula is C24H16Cl2N2O. The second-order valence-electron chi connectivity index (χ2n) is 7.03. The topological polar surface area (TPSA) is 37.8 Å². The molecule has 0 radical (unpaired) electrons. The molecule has 5 rings (SSSR count). The Morgan fingerprint density at radius 2 is 1.52 bits per heavy atom.